The normalized spacial score (nSPS) is 12.5. The predicted molar refractivity (Wildman–Crippen MR) is 73.3 cm³/mol. The molecular formula is C12H28N4O. The van der Waals surface area contributed by atoms with Gasteiger partial charge in [0.15, 0.2) is 5.96 Å². The summed E-state index contributed by atoms with van der Waals surface area (Å²) in [7, 11) is 3.78. The van der Waals surface area contributed by atoms with Gasteiger partial charge in [0.1, 0.15) is 0 Å². The van der Waals surface area contributed by atoms with E-state index in [9.17, 15) is 0 Å². The monoisotopic (exact) mass is 244 g/mol. The molecule has 0 saturated heterocycles. The fraction of sp³-hybridized carbons (Fsp3) is 0.917. The molecule has 0 aromatic heterocycles. The number of methoxy groups -OCH3 is 1. The maximum atomic E-state index is 5.74. The number of nitrogens with two attached hydrogens (primary N) is 1. The summed E-state index contributed by atoms with van der Waals surface area (Å²) in [6, 6.07) is 0. The Kier molecular flexibility index (Phi) is 9.86. The molecule has 102 valence electrons. The lowest BCUT2D eigenvalue weighted by Gasteiger charge is -2.16. The van der Waals surface area contributed by atoms with E-state index >= 15 is 0 Å². The number of nitrogens with one attached hydrogen (secondary N) is 1. The molecule has 0 radical (unpaired) electrons. The number of nitrogens with zero attached hydrogens (tertiary/aromatic N) is 2. The molecule has 0 atom stereocenters. The summed E-state index contributed by atoms with van der Waals surface area (Å²) in [5.41, 5.74) is 5.74. The van der Waals surface area contributed by atoms with Crippen LogP contribution in [0.25, 0.3) is 0 Å². The molecule has 0 unspecified atom stereocenters. The van der Waals surface area contributed by atoms with E-state index in [1.807, 2.05) is 0 Å². The SMILES string of the molecule is COCCN(C)CCNC(N)=NCCC(C)C. The number of rotatable bonds is 9. The van der Waals surface area contributed by atoms with Crippen molar-refractivity contribution in [2.45, 2.75) is 20.3 Å². The molecule has 0 aromatic rings. The first-order valence-electron chi connectivity index (χ1n) is 6.27. The summed E-state index contributed by atoms with van der Waals surface area (Å²) in [5.74, 6) is 1.22. The highest BCUT2D eigenvalue weighted by atomic mass is 16.5. The van der Waals surface area contributed by atoms with Crippen LogP contribution in [0.5, 0.6) is 0 Å². The Labute approximate surface area is 105 Å². The second-order valence-electron chi connectivity index (χ2n) is 4.67. The van der Waals surface area contributed by atoms with Crippen molar-refractivity contribution in [1.29, 1.82) is 0 Å². The first-order chi connectivity index (χ1) is 8.06. The van der Waals surface area contributed by atoms with E-state index in [1.54, 1.807) is 7.11 Å². The molecule has 5 heteroatoms. The molecular weight excluding hydrogens is 216 g/mol. The van der Waals surface area contributed by atoms with Gasteiger partial charge in [-0.15, -0.1) is 0 Å². The van der Waals surface area contributed by atoms with E-state index in [-0.39, 0.29) is 0 Å². The fourth-order valence-corrected chi connectivity index (χ4v) is 1.23. The van der Waals surface area contributed by atoms with Crippen LogP contribution in [-0.2, 0) is 4.74 Å². The summed E-state index contributed by atoms with van der Waals surface area (Å²) in [4.78, 5) is 6.46. The van der Waals surface area contributed by atoms with Gasteiger partial charge in [-0.1, -0.05) is 13.8 Å². The molecule has 0 amide bonds. The van der Waals surface area contributed by atoms with Crippen LogP contribution in [0.4, 0.5) is 0 Å². The smallest absolute Gasteiger partial charge is 0.188 e. The molecule has 0 saturated carbocycles. The quantitative estimate of drug-likeness (QED) is 0.458. The van der Waals surface area contributed by atoms with Crippen LogP contribution < -0.4 is 11.1 Å². The van der Waals surface area contributed by atoms with Crippen LogP contribution in [-0.4, -0.2) is 57.8 Å². The Morgan fingerprint density at radius 1 is 1.41 bits per heavy atom. The third-order valence-corrected chi connectivity index (χ3v) is 2.47. The van der Waals surface area contributed by atoms with E-state index in [0.29, 0.717) is 11.9 Å². The summed E-state index contributed by atoms with van der Waals surface area (Å²) in [6.07, 6.45) is 1.08. The van der Waals surface area contributed by atoms with Crippen LogP contribution >= 0.6 is 0 Å². The zero-order valence-electron chi connectivity index (χ0n) is 11.7. The van der Waals surface area contributed by atoms with Crippen molar-refractivity contribution < 1.29 is 4.74 Å². The minimum atomic E-state index is 0.547. The zero-order valence-corrected chi connectivity index (χ0v) is 11.7. The first kappa shape index (κ1) is 16.2. The average molecular weight is 244 g/mol. The van der Waals surface area contributed by atoms with E-state index in [1.165, 1.54) is 0 Å². The topological polar surface area (TPSA) is 62.9 Å². The third-order valence-electron chi connectivity index (χ3n) is 2.47. The van der Waals surface area contributed by atoms with Crippen molar-refractivity contribution in [2.75, 3.05) is 46.9 Å². The summed E-state index contributed by atoms with van der Waals surface area (Å²) in [6.45, 7) is 8.61. The third kappa shape index (κ3) is 11.5. The van der Waals surface area contributed by atoms with Crippen LogP contribution in [0.3, 0.4) is 0 Å². The van der Waals surface area contributed by atoms with Crippen molar-refractivity contribution in [3.05, 3.63) is 0 Å². The Morgan fingerprint density at radius 3 is 2.71 bits per heavy atom. The van der Waals surface area contributed by atoms with Gasteiger partial charge in [0.25, 0.3) is 0 Å². The van der Waals surface area contributed by atoms with Gasteiger partial charge in [0, 0.05) is 33.3 Å². The van der Waals surface area contributed by atoms with E-state index in [0.717, 1.165) is 39.2 Å². The summed E-state index contributed by atoms with van der Waals surface area (Å²) in [5, 5.41) is 3.11. The van der Waals surface area contributed by atoms with Gasteiger partial charge < -0.3 is 20.7 Å². The molecule has 0 bridgehead atoms. The molecule has 0 aliphatic rings. The van der Waals surface area contributed by atoms with Crippen LogP contribution in [0.1, 0.15) is 20.3 Å². The Balaban J connectivity index is 3.52. The molecule has 0 rings (SSSR count). The number of guanidine groups is 1. The summed E-state index contributed by atoms with van der Waals surface area (Å²) < 4.78 is 5.00. The lowest BCUT2D eigenvalue weighted by atomic mass is 10.1. The van der Waals surface area contributed by atoms with Crippen LogP contribution in [0, 0.1) is 5.92 Å². The number of hydrogen-bond acceptors (Lipinski definition) is 3. The van der Waals surface area contributed by atoms with Crippen molar-refractivity contribution in [3.8, 4) is 0 Å². The number of likely N-dealkylation sites (N-methyl/N-ethyl adjacent to an activating group) is 1. The highest BCUT2D eigenvalue weighted by Gasteiger charge is 1.98. The number of hydrogen-bond donors (Lipinski definition) is 2. The molecule has 0 heterocycles. The van der Waals surface area contributed by atoms with E-state index in [4.69, 9.17) is 10.5 Å². The van der Waals surface area contributed by atoms with Gasteiger partial charge in [-0.25, -0.2) is 0 Å². The minimum absolute atomic E-state index is 0.547. The number of ether oxygens (including phenoxy) is 1. The molecule has 5 nitrogen and oxygen atoms in total. The maximum absolute atomic E-state index is 5.74. The lowest BCUT2D eigenvalue weighted by molar-refractivity contribution is 0.162. The fourth-order valence-electron chi connectivity index (χ4n) is 1.23. The van der Waals surface area contributed by atoms with Crippen LogP contribution in [0.15, 0.2) is 4.99 Å². The van der Waals surface area contributed by atoms with Crippen molar-refractivity contribution in [3.63, 3.8) is 0 Å². The van der Waals surface area contributed by atoms with Gasteiger partial charge >= 0.3 is 0 Å². The first-order valence-corrected chi connectivity index (χ1v) is 6.27. The van der Waals surface area contributed by atoms with Crippen LogP contribution in [0.2, 0.25) is 0 Å². The highest BCUT2D eigenvalue weighted by Crippen LogP contribution is 1.97. The molecule has 17 heavy (non-hydrogen) atoms. The molecule has 0 fully saturated rings. The predicted octanol–water partition coefficient (Wildman–Crippen LogP) is 0.515. The summed E-state index contributed by atoms with van der Waals surface area (Å²) >= 11 is 0. The second-order valence-corrected chi connectivity index (χ2v) is 4.67. The molecule has 0 aliphatic heterocycles. The maximum Gasteiger partial charge on any atom is 0.188 e. The van der Waals surface area contributed by atoms with Crippen molar-refractivity contribution in [2.24, 2.45) is 16.6 Å². The van der Waals surface area contributed by atoms with E-state index in [2.05, 4.69) is 36.1 Å². The van der Waals surface area contributed by atoms with Gasteiger partial charge in [0.05, 0.1) is 6.61 Å². The molecule has 0 spiro atoms. The minimum Gasteiger partial charge on any atom is -0.383 e. The van der Waals surface area contributed by atoms with Gasteiger partial charge in [0.2, 0.25) is 0 Å². The lowest BCUT2D eigenvalue weighted by Crippen LogP contribution is -2.38. The largest absolute Gasteiger partial charge is 0.383 e. The number of aliphatic imine (C=N–C) groups is 1. The van der Waals surface area contributed by atoms with Crippen molar-refractivity contribution >= 4 is 5.96 Å². The Bertz CT molecular complexity index is 207. The molecule has 3 N–H and O–H groups in total. The second kappa shape index (κ2) is 10.4. The average Bonchev–Trinajstić information content (AvgIpc) is 2.25. The van der Waals surface area contributed by atoms with E-state index < -0.39 is 0 Å². The van der Waals surface area contributed by atoms with Gasteiger partial charge in [-0.3, -0.25) is 4.99 Å². The van der Waals surface area contributed by atoms with Gasteiger partial charge in [-0.05, 0) is 19.4 Å². The molecule has 0 aliphatic carbocycles. The highest BCUT2D eigenvalue weighted by molar-refractivity contribution is 5.77. The standard InChI is InChI=1S/C12H28N4O/c1-11(2)5-6-14-12(13)15-7-8-16(3)9-10-17-4/h11H,5-10H2,1-4H3,(H3,13,14,15). The Morgan fingerprint density at radius 2 is 2.12 bits per heavy atom. The van der Waals surface area contributed by atoms with Crippen molar-refractivity contribution in [1.82, 2.24) is 10.2 Å². The zero-order chi connectivity index (χ0) is 13.1. The Hall–Kier alpha value is -0.810. The molecule has 0 aromatic carbocycles. The van der Waals surface area contributed by atoms with Gasteiger partial charge in [-0.2, -0.15) is 0 Å².